The maximum Gasteiger partial charge on any atom is 0.306 e. The van der Waals surface area contributed by atoms with Gasteiger partial charge in [0.2, 0.25) is 0 Å². The Bertz CT molecular complexity index is 1090. The lowest BCUT2D eigenvalue weighted by molar-refractivity contribution is -0.167. The number of allylic oxidation sites excluding steroid dienone is 8. The van der Waals surface area contributed by atoms with Gasteiger partial charge in [0.05, 0.1) is 0 Å². The van der Waals surface area contributed by atoms with Crippen LogP contribution in [0.5, 0.6) is 0 Å². The van der Waals surface area contributed by atoms with E-state index in [0.29, 0.717) is 19.3 Å². The van der Waals surface area contributed by atoms with E-state index in [0.717, 1.165) is 96.3 Å². The van der Waals surface area contributed by atoms with Crippen molar-refractivity contribution in [3.05, 3.63) is 48.6 Å². The van der Waals surface area contributed by atoms with Crippen molar-refractivity contribution >= 4 is 17.9 Å². The zero-order valence-electron chi connectivity index (χ0n) is 41.1. The van der Waals surface area contributed by atoms with Gasteiger partial charge in [0.15, 0.2) is 6.10 Å². The highest BCUT2D eigenvalue weighted by atomic mass is 16.6. The number of hydrogen-bond acceptors (Lipinski definition) is 6. The summed E-state index contributed by atoms with van der Waals surface area (Å²) in [6.07, 6.45) is 60.9. The lowest BCUT2D eigenvalue weighted by atomic mass is 10.0. The van der Waals surface area contributed by atoms with E-state index in [-0.39, 0.29) is 31.1 Å². The van der Waals surface area contributed by atoms with Crippen LogP contribution in [0.25, 0.3) is 0 Å². The van der Waals surface area contributed by atoms with Crippen LogP contribution in [-0.2, 0) is 28.6 Å². The highest BCUT2D eigenvalue weighted by molar-refractivity contribution is 5.71. The molecule has 0 aromatic rings. The number of carbonyl (C=O) groups excluding carboxylic acids is 3. The van der Waals surface area contributed by atoms with Gasteiger partial charge in [-0.3, -0.25) is 14.4 Å². The smallest absolute Gasteiger partial charge is 0.306 e. The largest absolute Gasteiger partial charge is 0.462 e. The lowest BCUT2D eigenvalue weighted by Crippen LogP contribution is -2.30. The molecule has 0 aliphatic carbocycles. The van der Waals surface area contributed by atoms with E-state index < -0.39 is 6.10 Å². The van der Waals surface area contributed by atoms with Gasteiger partial charge in [-0.15, -0.1) is 0 Å². The summed E-state index contributed by atoms with van der Waals surface area (Å²) in [5, 5.41) is 0. The van der Waals surface area contributed by atoms with Crippen LogP contribution in [0.3, 0.4) is 0 Å². The quantitative estimate of drug-likeness (QED) is 0.0262. The second-order valence-corrected chi connectivity index (χ2v) is 17.8. The number of unbranched alkanes of at least 4 members (excludes halogenated alkanes) is 29. The third-order valence-electron chi connectivity index (χ3n) is 11.6. The number of ether oxygens (including phenoxy) is 3. The third-order valence-corrected chi connectivity index (χ3v) is 11.6. The van der Waals surface area contributed by atoms with E-state index >= 15 is 0 Å². The molecule has 1 unspecified atom stereocenters. The molecule has 0 bridgehead atoms. The van der Waals surface area contributed by atoms with Crippen LogP contribution in [0.15, 0.2) is 48.6 Å². The van der Waals surface area contributed by atoms with Crippen LogP contribution in [0, 0.1) is 0 Å². The van der Waals surface area contributed by atoms with Crippen molar-refractivity contribution in [3.63, 3.8) is 0 Å². The Morgan fingerprint density at radius 1 is 0.339 bits per heavy atom. The molecule has 0 saturated carbocycles. The van der Waals surface area contributed by atoms with Gasteiger partial charge in [-0.05, 0) is 77.0 Å². The predicted molar refractivity (Wildman–Crippen MR) is 265 cm³/mol. The minimum absolute atomic E-state index is 0.0796. The van der Waals surface area contributed by atoms with Gasteiger partial charge < -0.3 is 14.2 Å². The van der Waals surface area contributed by atoms with E-state index in [1.165, 1.54) is 135 Å². The molecule has 0 spiro atoms. The summed E-state index contributed by atoms with van der Waals surface area (Å²) in [6.45, 7) is 6.51. The van der Waals surface area contributed by atoms with Crippen LogP contribution in [-0.4, -0.2) is 37.2 Å². The first kappa shape index (κ1) is 59.4. The summed E-state index contributed by atoms with van der Waals surface area (Å²) < 4.78 is 16.8. The highest BCUT2D eigenvalue weighted by Crippen LogP contribution is 2.16. The van der Waals surface area contributed by atoms with Crippen molar-refractivity contribution < 1.29 is 28.6 Å². The summed E-state index contributed by atoms with van der Waals surface area (Å²) >= 11 is 0. The van der Waals surface area contributed by atoms with E-state index in [4.69, 9.17) is 14.2 Å². The molecule has 0 fully saturated rings. The third kappa shape index (κ3) is 48.4. The SMILES string of the molecule is CC/C=C\C/C=C\CCCCCCCC(=O)OCC(COC(=O)CCCCCCCCC/C=C\C/C=C\CCCCC)OC(=O)CCCCCCCCCCCCCCCCC. The number of carbonyl (C=O) groups is 3. The Morgan fingerprint density at radius 3 is 1.00 bits per heavy atom. The van der Waals surface area contributed by atoms with Gasteiger partial charge in [0, 0.05) is 19.3 Å². The van der Waals surface area contributed by atoms with Crippen molar-refractivity contribution in [2.24, 2.45) is 0 Å². The summed E-state index contributed by atoms with van der Waals surface area (Å²) in [5.41, 5.74) is 0. The van der Waals surface area contributed by atoms with E-state index in [9.17, 15) is 14.4 Å². The van der Waals surface area contributed by atoms with Gasteiger partial charge in [-0.2, -0.15) is 0 Å². The molecule has 1 atom stereocenters. The maximum atomic E-state index is 12.8. The minimum Gasteiger partial charge on any atom is -0.462 e. The average molecular weight is 869 g/mol. The zero-order chi connectivity index (χ0) is 45.1. The molecule has 6 heteroatoms. The van der Waals surface area contributed by atoms with Crippen LogP contribution in [0.2, 0.25) is 0 Å². The van der Waals surface area contributed by atoms with Crippen LogP contribution >= 0.6 is 0 Å². The van der Waals surface area contributed by atoms with E-state index in [1.807, 2.05) is 0 Å². The second kappa shape index (κ2) is 51.0. The Hall–Kier alpha value is -2.63. The molecule has 360 valence electrons. The first-order valence-electron chi connectivity index (χ1n) is 26.6. The second-order valence-electron chi connectivity index (χ2n) is 17.8. The highest BCUT2D eigenvalue weighted by Gasteiger charge is 2.19. The lowest BCUT2D eigenvalue weighted by Gasteiger charge is -2.18. The Morgan fingerprint density at radius 2 is 0.629 bits per heavy atom. The topological polar surface area (TPSA) is 78.9 Å². The van der Waals surface area contributed by atoms with Crippen molar-refractivity contribution in [2.45, 2.75) is 277 Å². The Balaban J connectivity index is 4.36. The van der Waals surface area contributed by atoms with Gasteiger partial charge in [0.25, 0.3) is 0 Å². The minimum atomic E-state index is -0.779. The monoisotopic (exact) mass is 869 g/mol. The normalized spacial score (nSPS) is 12.4. The molecular weight excluding hydrogens is 769 g/mol. The Kier molecular flexibility index (Phi) is 48.8. The van der Waals surface area contributed by atoms with Crippen LogP contribution < -0.4 is 0 Å². The molecule has 0 aliphatic rings. The molecule has 0 saturated heterocycles. The first-order chi connectivity index (χ1) is 30.5. The predicted octanol–water partition coefficient (Wildman–Crippen LogP) is 17.5. The first-order valence-corrected chi connectivity index (χ1v) is 26.6. The van der Waals surface area contributed by atoms with E-state index in [2.05, 4.69) is 69.4 Å². The molecule has 62 heavy (non-hydrogen) atoms. The van der Waals surface area contributed by atoms with Gasteiger partial charge in [-0.1, -0.05) is 223 Å². The van der Waals surface area contributed by atoms with Crippen molar-refractivity contribution in [3.8, 4) is 0 Å². The zero-order valence-corrected chi connectivity index (χ0v) is 41.1. The molecule has 0 N–H and O–H groups in total. The van der Waals surface area contributed by atoms with Gasteiger partial charge in [0.1, 0.15) is 13.2 Å². The summed E-state index contributed by atoms with van der Waals surface area (Å²) in [4.78, 5) is 38.0. The Labute approximate surface area is 384 Å². The summed E-state index contributed by atoms with van der Waals surface area (Å²) in [7, 11) is 0. The fourth-order valence-corrected chi connectivity index (χ4v) is 7.57. The standard InChI is InChI=1S/C56H100O6/c1-4-7-10-13-16-19-22-25-27-28-30-31-34-37-40-43-46-49-55(58)61-52-53(51-60-54(57)48-45-42-39-36-33-24-21-18-15-12-9-6-3)62-56(59)50-47-44-41-38-35-32-29-26-23-20-17-14-11-8-5-2/h9,12,16,18-19,21,25,27,53H,4-8,10-11,13-15,17,20,22-24,26,28-52H2,1-3H3/b12-9-,19-16-,21-18-,27-25-. The molecule has 0 radical (unpaired) electrons. The fraction of sp³-hybridized carbons (Fsp3) is 0.804. The van der Waals surface area contributed by atoms with Crippen molar-refractivity contribution in [2.75, 3.05) is 13.2 Å². The summed E-state index contributed by atoms with van der Waals surface area (Å²) in [5.74, 6) is -0.892. The molecule has 0 aromatic carbocycles. The molecule has 0 rings (SSSR count). The number of rotatable bonds is 48. The van der Waals surface area contributed by atoms with Crippen molar-refractivity contribution in [1.29, 1.82) is 0 Å². The molecule has 0 amide bonds. The summed E-state index contributed by atoms with van der Waals surface area (Å²) in [6, 6.07) is 0. The van der Waals surface area contributed by atoms with Crippen molar-refractivity contribution in [1.82, 2.24) is 0 Å². The fourth-order valence-electron chi connectivity index (χ4n) is 7.57. The van der Waals surface area contributed by atoms with Gasteiger partial charge in [-0.25, -0.2) is 0 Å². The average Bonchev–Trinajstić information content (AvgIpc) is 3.27. The molecule has 0 heterocycles. The number of esters is 3. The number of hydrogen-bond donors (Lipinski definition) is 0. The van der Waals surface area contributed by atoms with Gasteiger partial charge >= 0.3 is 17.9 Å². The molecule has 0 aliphatic heterocycles. The van der Waals surface area contributed by atoms with E-state index in [1.54, 1.807) is 0 Å². The molecular formula is C56H100O6. The van der Waals surface area contributed by atoms with Crippen LogP contribution in [0.4, 0.5) is 0 Å². The molecule has 0 aromatic heterocycles. The van der Waals surface area contributed by atoms with Crippen LogP contribution in [0.1, 0.15) is 271 Å². The maximum absolute atomic E-state index is 12.8. The molecule has 6 nitrogen and oxygen atoms in total.